The van der Waals surface area contributed by atoms with Gasteiger partial charge in [0.25, 0.3) is 0 Å². The Labute approximate surface area is 264 Å². The van der Waals surface area contributed by atoms with Crippen LogP contribution in [0, 0.1) is 17.8 Å². The lowest BCUT2D eigenvalue weighted by molar-refractivity contribution is 0.330. The molecule has 2 aromatic rings. The maximum absolute atomic E-state index is 4.56. The van der Waals surface area contributed by atoms with E-state index in [4.69, 9.17) is 0 Å². The highest BCUT2D eigenvalue weighted by molar-refractivity contribution is 6.12. The van der Waals surface area contributed by atoms with Crippen molar-refractivity contribution in [3.8, 4) is 0 Å². The van der Waals surface area contributed by atoms with Crippen molar-refractivity contribution in [2.24, 2.45) is 17.8 Å². The van der Waals surface area contributed by atoms with Crippen LogP contribution in [0.2, 0.25) is 0 Å². The van der Waals surface area contributed by atoms with Crippen molar-refractivity contribution in [1.82, 2.24) is 5.32 Å². The zero-order valence-electron chi connectivity index (χ0n) is 27.9. The lowest BCUT2D eigenvalue weighted by atomic mass is 9.78. The first-order valence-electron chi connectivity index (χ1n) is 17.4. The minimum Gasteiger partial charge on any atom is -0.389 e. The summed E-state index contributed by atoms with van der Waals surface area (Å²) >= 11 is 0. The van der Waals surface area contributed by atoms with Crippen molar-refractivity contribution in [3.63, 3.8) is 0 Å². The van der Waals surface area contributed by atoms with Gasteiger partial charge >= 0.3 is 0 Å². The first-order valence-corrected chi connectivity index (χ1v) is 17.4. The Hall–Kier alpha value is -2.80. The quantitative estimate of drug-likeness (QED) is 0.174. The molecule has 0 aromatic heterocycles. The van der Waals surface area contributed by atoms with Crippen molar-refractivity contribution >= 4 is 33.1 Å². The van der Waals surface area contributed by atoms with Gasteiger partial charge in [0.1, 0.15) is 0 Å². The standard InChI is InChI=1S/C42H59N/c1-29(2)37-23-24-39-32(5)28-33(6)40-26-25-38(41(37)42(39)40)31(4)18-14-11-9-10-12-17-27-43-34(7)19-15-13-16-20-36-22-21-30(3)35(36)8/h23-26,30,35-36,43H,1,4-7,9-22,27-28H2,2-3,8H3. The van der Waals surface area contributed by atoms with Crippen molar-refractivity contribution < 1.29 is 0 Å². The maximum atomic E-state index is 4.56. The van der Waals surface area contributed by atoms with E-state index in [1.165, 1.54) is 121 Å². The largest absolute Gasteiger partial charge is 0.389 e. The Bertz CT molecular complexity index is 1320. The summed E-state index contributed by atoms with van der Waals surface area (Å²) < 4.78 is 0. The molecule has 0 spiro atoms. The van der Waals surface area contributed by atoms with Crippen LogP contribution in [0.1, 0.15) is 139 Å². The predicted molar refractivity (Wildman–Crippen MR) is 194 cm³/mol. The molecule has 0 amide bonds. The summed E-state index contributed by atoms with van der Waals surface area (Å²) in [5.74, 6) is 2.86. The fourth-order valence-electron chi connectivity index (χ4n) is 7.64. The van der Waals surface area contributed by atoms with Crippen LogP contribution in [0.4, 0.5) is 0 Å². The summed E-state index contributed by atoms with van der Waals surface area (Å²) in [6.45, 7) is 29.9. The lowest BCUT2D eigenvalue weighted by Gasteiger charge is -2.25. The van der Waals surface area contributed by atoms with Crippen LogP contribution in [0.15, 0.2) is 62.9 Å². The predicted octanol–water partition coefficient (Wildman–Crippen LogP) is 12.8. The van der Waals surface area contributed by atoms with Crippen molar-refractivity contribution in [1.29, 1.82) is 0 Å². The molecular formula is C42H59N. The van der Waals surface area contributed by atoms with Gasteiger partial charge in [-0.3, -0.25) is 0 Å². The molecular weight excluding hydrogens is 518 g/mol. The third-order valence-corrected chi connectivity index (χ3v) is 10.7. The van der Waals surface area contributed by atoms with Gasteiger partial charge in [0.05, 0.1) is 0 Å². The minimum absolute atomic E-state index is 0.846. The molecule has 1 nitrogen and oxygen atoms in total. The van der Waals surface area contributed by atoms with E-state index in [9.17, 15) is 0 Å². The number of rotatable bonds is 18. The molecule has 2 aliphatic carbocycles. The summed E-state index contributed by atoms with van der Waals surface area (Å²) in [6.07, 6.45) is 19.0. The maximum Gasteiger partial charge on any atom is 0.0143 e. The molecule has 0 radical (unpaired) electrons. The Balaban J connectivity index is 1.11. The Morgan fingerprint density at radius 1 is 0.721 bits per heavy atom. The summed E-state index contributed by atoms with van der Waals surface area (Å²) in [7, 11) is 0. The lowest BCUT2D eigenvalue weighted by Crippen LogP contribution is -2.13. The molecule has 3 unspecified atom stereocenters. The molecule has 4 rings (SSSR count). The molecule has 1 N–H and O–H groups in total. The monoisotopic (exact) mass is 577 g/mol. The first kappa shape index (κ1) is 33.1. The summed E-state index contributed by atoms with van der Waals surface area (Å²) in [6, 6.07) is 8.97. The molecule has 1 saturated carbocycles. The van der Waals surface area contributed by atoms with Gasteiger partial charge in [-0.2, -0.15) is 0 Å². The highest BCUT2D eigenvalue weighted by atomic mass is 14.9. The van der Waals surface area contributed by atoms with E-state index >= 15 is 0 Å². The van der Waals surface area contributed by atoms with E-state index in [2.05, 4.69) is 83.2 Å². The van der Waals surface area contributed by atoms with Gasteiger partial charge in [-0.15, -0.1) is 0 Å². The highest BCUT2D eigenvalue weighted by Crippen LogP contribution is 2.45. The van der Waals surface area contributed by atoms with E-state index in [1.54, 1.807) is 0 Å². The third kappa shape index (κ3) is 8.43. The average Bonchev–Trinajstić information content (AvgIpc) is 3.30. The van der Waals surface area contributed by atoms with Crippen LogP contribution in [-0.2, 0) is 0 Å². The fraction of sp³-hybridized carbons (Fsp3) is 0.524. The second kappa shape index (κ2) is 15.8. The van der Waals surface area contributed by atoms with Gasteiger partial charge in [0, 0.05) is 12.2 Å². The second-order valence-electron chi connectivity index (χ2n) is 14.0. The zero-order valence-corrected chi connectivity index (χ0v) is 27.9. The normalized spacial score (nSPS) is 19.7. The van der Waals surface area contributed by atoms with Gasteiger partial charge in [0.15, 0.2) is 0 Å². The number of unbranched alkanes of at least 4 members (excludes halogenated alkanes) is 7. The SMILES string of the molecule is C=C(CCCCCC1CCC(C)C1C)NCCCCCCCCC(=C)c1ccc2c3c(ccc(C(=C)C)c13)C(=C)CC2=C. The Kier molecular flexibility index (Phi) is 12.2. The smallest absolute Gasteiger partial charge is 0.0143 e. The van der Waals surface area contributed by atoms with Crippen LogP contribution in [0.25, 0.3) is 33.1 Å². The van der Waals surface area contributed by atoms with E-state index in [1.807, 2.05) is 0 Å². The number of allylic oxidation sites excluding steroid dienone is 5. The second-order valence-corrected chi connectivity index (χ2v) is 14.0. The molecule has 0 aliphatic heterocycles. The number of hydrogen-bond donors (Lipinski definition) is 1. The number of nitrogens with one attached hydrogen (secondary N) is 1. The van der Waals surface area contributed by atoms with E-state index < -0.39 is 0 Å². The highest BCUT2D eigenvalue weighted by Gasteiger charge is 2.28. The molecule has 2 aromatic carbocycles. The molecule has 1 heteroatoms. The molecule has 2 aliphatic rings. The van der Waals surface area contributed by atoms with Crippen LogP contribution < -0.4 is 5.32 Å². The van der Waals surface area contributed by atoms with Gasteiger partial charge in [-0.1, -0.05) is 128 Å². The minimum atomic E-state index is 0.846. The van der Waals surface area contributed by atoms with Gasteiger partial charge in [-0.05, 0) is 119 Å². The van der Waals surface area contributed by atoms with Crippen LogP contribution >= 0.6 is 0 Å². The van der Waals surface area contributed by atoms with Crippen molar-refractivity contribution in [2.45, 2.75) is 117 Å². The van der Waals surface area contributed by atoms with Gasteiger partial charge in [0.2, 0.25) is 0 Å². The van der Waals surface area contributed by atoms with E-state index in [0.29, 0.717) is 0 Å². The van der Waals surface area contributed by atoms with Crippen molar-refractivity contribution in [3.05, 3.63) is 85.1 Å². The Morgan fingerprint density at radius 3 is 1.98 bits per heavy atom. The van der Waals surface area contributed by atoms with Gasteiger partial charge in [-0.25, -0.2) is 0 Å². The van der Waals surface area contributed by atoms with E-state index in [0.717, 1.165) is 60.3 Å². The Morgan fingerprint density at radius 2 is 1.33 bits per heavy atom. The zero-order chi connectivity index (χ0) is 30.9. The molecule has 1 fully saturated rings. The molecule has 0 heterocycles. The molecule has 0 bridgehead atoms. The van der Waals surface area contributed by atoms with E-state index in [-0.39, 0.29) is 0 Å². The number of hydrogen-bond acceptors (Lipinski definition) is 1. The van der Waals surface area contributed by atoms with Crippen molar-refractivity contribution in [2.75, 3.05) is 6.54 Å². The van der Waals surface area contributed by atoms with Crippen LogP contribution in [0.5, 0.6) is 0 Å². The first-order chi connectivity index (χ1) is 20.7. The summed E-state index contributed by atoms with van der Waals surface area (Å²) in [4.78, 5) is 0. The molecule has 43 heavy (non-hydrogen) atoms. The molecule has 3 atom stereocenters. The fourth-order valence-corrected chi connectivity index (χ4v) is 7.64. The summed E-state index contributed by atoms with van der Waals surface area (Å²) in [5.41, 5.74) is 10.9. The average molecular weight is 578 g/mol. The molecule has 232 valence electrons. The van der Waals surface area contributed by atoms with Crippen LogP contribution in [0.3, 0.4) is 0 Å². The van der Waals surface area contributed by atoms with Gasteiger partial charge < -0.3 is 5.32 Å². The van der Waals surface area contributed by atoms with Crippen LogP contribution in [-0.4, -0.2) is 6.54 Å². The topological polar surface area (TPSA) is 12.0 Å². The number of benzene rings is 2. The third-order valence-electron chi connectivity index (χ3n) is 10.7. The molecule has 0 saturated heterocycles. The summed E-state index contributed by atoms with van der Waals surface area (Å²) in [5, 5.41) is 6.17.